The van der Waals surface area contributed by atoms with Crippen LogP contribution in [0.4, 0.5) is 0 Å². The maximum atomic E-state index is 8.48. The lowest BCUT2D eigenvalue weighted by molar-refractivity contribution is 0.00424. The fraction of sp³-hybridized carbons (Fsp3) is 1.00. The van der Waals surface area contributed by atoms with Crippen molar-refractivity contribution in [2.75, 3.05) is 79.0 Å². The zero-order valence-corrected chi connectivity index (χ0v) is 11.1. The number of nitrogens with one attached hydrogen (secondary N) is 1. The number of rotatable bonds is 11. The lowest BCUT2D eigenvalue weighted by Gasteiger charge is -2.26. The van der Waals surface area contributed by atoms with Crippen molar-refractivity contribution in [3.63, 3.8) is 0 Å². The molecule has 1 rings (SSSR count). The van der Waals surface area contributed by atoms with Crippen LogP contribution in [0.3, 0.4) is 0 Å². The van der Waals surface area contributed by atoms with Crippen molar-refractivity contribution in [2.45, 2.75) is 0 Å². The van der Waals surface area contributed by atoms with Crippen molar-refractivity contribution in [2.24, 2.45) is 0 Å². The predicted molar refractivity (Wildman–Crippen MR) is 68.9 cm³/mol. The number of piperazine rings is 1. The van der Waals surface area contributed by atoms with E-state index >= 15 is 0 Å². The van der Waals surface area contributed by atoms with E-state index in [-0.39, 0.29) is 6.61 Å². The number of hydrogen-bond donors (Lipinski definition) is 2. The molecule has 1 fully saturated rings. The maximum absolute atomic E-state index is 8.48. The minimum atomic E-state index is 0.0646. The first kappa shape index (κ1) is 15.8. The fourth-order valence-electron chi connectivity index (χ4n) is 1.73. The molecule has 1 aliphatic rings. The first-order valence-corrected chi connectivity index (χ1v) is 6.70. The molecule has 0 aliphatic carbocycles. The Labute approximate surface area is 109 Å². The second-order valence-corrected chi connectivity index (χ2v) is 4.15. The monoisotopic (exact) mass is 262 g/mol. The van der Waals surface area contributed by atoms with E-state index < -0.39 is 0 Å². The van der Waals surface area contributed by atoms with Gasteiger partial charge in [-0.2, -0.15) is 0 Å². The standard InChI is InChI=1S/C12H26N2O4/c15-6-8-17-10-12-18-11-9-16-7-5-14-3-1-13-2-4-14/h13,15H,1-12H2. The maximum Gasteiger partial charge on any atom is 0.0701 e. The average molecular weight is 262 g/mol. The summed E-state index contributed by atoms with van der Waals surface area (Å²) in [5.41, 5.74) is 0. The Morgan fingerprint density at radius 3 is 2.00 bits per heavy atom. The lowest BCUT2D eigenvalue weighted by Crippen LogP contribution is -2.44. The highest BCUT2D eigenvalue weighted by Crippen LogP contribution is 1.91. The van der Waals surface area contributed by atoms with Gasteiger partial charge in [0.15, 0.2) is 0 Å². The quantitative estimate of drug-likeness (QED) is 0.463. The van der Waals surface area contributed by atoms with Gasteiger partial charge >= 0.3 is 0 Å². The van der Waals surface area contributed by atoms with Crippen molar-refractivity contribution < 1.29 is 19.3 Å². The van der Waals surface area contributed by atoms with Crippen molar-refractivity contribution in [1.29, 1.82) is 0 Å². The second kappa shape index (κ2) is 11.8. The van der Waals surface area contributed by atoms with Gasteiger partial charge in [-0.25, -0.2) is 0 Å². The summed E-state index contributed by atoms with van der Waals surface area (Å²) in [7, 11) is 0. The summed E-state index contributed by atoms with van der Waals surface area (Å²) in [5, 5.41) is 11.8. The Morgan fingerprint density at radius 2 is 1.39 bits per heavy atom. The van der Waals surface area contributed by atoms with Crippen LogP contribution >= 0.6 is 0 Å². The van der Waals surface area contributed by atoms with E-state index in [9.17, 15) is 0 Å². The molecule has 0 radical (unpaired) electrons. The van der Waals surface area contributed by atoms with Crippen LogP contribution in [0.25, 0.3) is 0 Å². The molecule has 0 aromatic rings. The molecule has 0 saturated carbocycles. The predicted octanol–water partition coefficient (Wildman–Crippen LogP) is -1.07. The summed E-state index contributed by atoms with van der Waals surface area (Å²) in [5.74, 6) is 0. The van der Waals surface area contributed by atoms with E-state index in [0.717, 1.165) is 39.3 Å². The molecule has 2 N–H and O–H groups in total. The molecule has 18 heavy (non-hydrogen) atoms. The van der Waals surface area contributed by atoms with Crippen LogP contribution in [0.15, 0.2) is 0 Å². The van der Waals surface area contributed by atoms with E-state index in [1.54, 1.807) is 0 Å². The number of nitrogens with zero attached hydrogens (tertiary/aromatic N) is 1. The van der Waals surface area contributed by atoms with Gasteiger partial charge in [0, 0.05) is 32.7 Å². The van der Waals surface area contributed by atoms with Gasteiger partial charge in [0.1, 0.15) is 0 Å². The lowest BCUT2D eigenvalue weighted by atomic mass is 10.4. The molecular formula is C12H26N2O4. The van der Waals surface area contributed by atoms with E-state index in [0.29, 0.717) is 33.0 Å². The Balaban J connectivity index is 1.73. The Kier molecular flexibility index (Phi) is 10.4. The minimum absolute atomic E-state index is 0.0646. The molecule has 1 saturated heterocycles. The van der Waals surface area contributed by atoms with Crippen molar-refractivity contribution in [3.05, 3.63) is 0 Å². The van der Waals surface area contributed by atoms with Gasteiger partial charge in [-0.3, -0.25) is 4.90 Å². The van der Waals surface area contributed by atoms with Gasteiger partial charge in [-0.15, -0.1) is 0 Å². The molecule has 0 atom stereocenters. The van der Waals surface area contributed by atoms with Crippen molar-refractivity contribution in [3.8, 4) is 0 Å². The highest BCUT2D eigenvalue weighted by molar-refractivity contribution is 4.66. The zero-order chi connectivity index (χ0) is 12.9. The first-order valence-electron chi connectivity index (χ1n) is 6.70. The summed E-state index contributed by atoms with van der Waals surface area (Å²) in [4.78, 5) is 2.40. The molecule has 108 valence electrons. The minimum Gasteiger partial charge on any atom is -0.394 e. The van der Waals surface area contributed by atoms with E-state index in [1.165, 1.54) is 0 Å². The van der Waals surface area contributed by atoms with Crippen LogP contribution in [0, 0.1) is 0 Å². The normalized spacial score (nSPS) is 17.2. The van der Waals surface area contributed by atoms with Crippen molar-refractivity contribution >= 4 is 0 Å². The van der Waals surface area contributed by atoms with Crippen LogP contribution in [-0.2, 0) is 14.2 Å². The van der Waals surface area contributed by atoms with Crippen LogP contribution in [-0.4, -0.2) is 89.0 Å². The number of ether oxygens (including phenoxy) is 3. The Bertz CT molecular complexity index is 177. The molecule has 0 amide bonds. The summed E-state index contributed by atoms with van der Waals surface area (Å²) in [6.07, 6.45) is 0. The molecule has 0 aromatic carbocycles. The van der Waals surface area contributed by atoms with Gasteiger partial charge in [0.2, 0.25) is 0 Å². The van der Waals surface area contributed by atoms with Gasteiger partial charge in [0.25, 0.3) is 0 Å². The molecule has 0 spiro atoms. The molecule has 6 heteroatoms. The van der Waals surface area contributed by atoms with Crippen LogP contribution in [0.1, 0.15) is 0 Å². The molecule has 1 aliphatic heterocycles. The van der Waals surface area contributed by atoms with Crippen molar-refractivity contribution in [1.82, 2.24) is 10.2 Å². The van der Waals surface area contributed by atoms with E-state index in [2.05, 4.69) is 10.2 Å². The largest absolute Gasteiger partial charge is 0.394 e. The third-order valence-corrected chi connectivity index (χ3v) is 2.74. The number of aliphatic hydroxyl groups is 1. The van der Waals surface area contributed by atoms with E-state index in [4.69, 9.17) is 19.3 Å². The van der Waals surface area contributed by atoms with Gasteiger partial charge in [-0.1, -0.05) is 0 Å². The third-order valence-electron chi connectivity index (χ3n) is 2.74. The third kappa shape index (κ3) is 8.79. The Morgan fingerprint density at radius 1 is 0.833 bits per heavy atom. The molecule has 0 bridgehead atoms. The summed E-state index contributed by atoms with van der Waals surface area (Å²) < 4.78 is 15.9. The van der Waals surface area contributed by atoms with Gasteiger partial charge in [0.05, 0.1) is 46.2 Å². The average Bonchev–Trinajstić information content (AvgIpc) is 2.42. The summed E-state index contributed by atoms with van der Waals surface area (Å²) in [6, 6.07) is 0. The number of aliphatic hydroxyl groups excluding tert-OH is 1. The zero-order valence-electron chi connectivity index (χ0n) is 11.1. The highest BCUT2D eigenvalue weighted by Gasteiger charge is 2.07. The molecule has 0 aromatic heterocycles. The van der Waals surface area contributed by atoms with Gasteiger partial charge < -0.3 is 24.6 Å². The molecule has 0 unspecified atom stereocenters. The topological polar surface area (TPSA) is 63.2 Å². The summed E-state index contributed by atoms with van der Waals surface area (Å²) in [6.45, 7) is 8.92. The fourth-order valence-corrected chi connectivity index (χ4v) is 1.73. The molecular weight excluding hydrogens is 236 g/mol. The molecule has 1 heterocycles. The Hall–Kier alpha value is -0.240. The highest BCUT2D eigenvalue weighted by atomic mass is 16.5. The first-order chi connectivity index (χ1) is 8.93. The smallest absolute Gasteiger partial charge is 0.0701 e. The van der Waals surface area contributed by atoms with Gasteiger partial charge in [-0.05, 0) is 0 Å². The second-order valence-electron chi connectivity index (χ2n) is 4.15. The molecule has 6 nitrogen and oxygen atoms in total. The number of hydrogen-bond acceptors (Lipinski definition) is 6. The van der Waals surface area contributed by atoms with Crippen LogP contribution in [0.5, 0.6) is 0 Å². The van der Waals surface area contributed by atoms with Crippen LogP contribution < -0.4 is 5.32 Å². The summed E-state index contributed by atoms with van der Waals surface area (Å²) >= 11 is 0. The SMILES string of the molecule is OCCOCCOCCOCCN1CCNCC1. The van der Waals surface area contributed by atoms with Crippen LogP contribution in [0.2, 0.25) is 0 Å². The van der Waals surface area contributed by atoms with E-state index in [1.807, 2.05) is 0 Å².